The fourth-order valence-corrected chi connectivity index (χ4v) is 2.90. The van der Waals surface area contributed by atoms with Gasteiger partial charge in [0.1, 0.15) is 11.7 Å². The zero-order valence-electron chi connectivity index (χ0n) is 17.7. The molecule has 0 radical (unpaired) electrons. The molecular weight excluding hydrogens is 376 g/mol. The van der Waals surface area contributed by atoms with E-state index in [4.69, 9.17) is 19.9 Å². The number of piperidine rings is 1. The topological polar surface area (TPSA) is 100 Å². The highest BCUT2D eigenvalue weighted by Crippen LogP contribution is 2.32. The highest BCUT2D eigenvalue weighted by Gasteiger charge is 2.28. The first-order valence-corrected chi connectivity index (χ1v) is 9.91. The van der Waals surface area contributed by atoms with Crippen molar-refractivity contribution in [1.82, 2.24) is 4.90 Å². The van der Waals surface area contributed by atoms with E-state index < -0.39 is 5.60 Å². The maximum Gasteiger partial charge on any atom is 0.410 e. The molecule has 2 rings (SSSR count). The Morgan fingerprint density at radius 3 is 2.48 bits per heavy atom. The van der Waals surface area contributed by atoms with Gasteiger partial charge in [0, 0.05) is 44.1 Å². The number of hydrogen-bond acceptors (Lipinski definition) is 7. The molecule has 8 nitrogen and oxygen atoms in total. The predicted octanol–water partition coefficient (Wildman–Crippen LogP) is 3.38. The summed E-state index contributed by atoms with van der Waals surface area (Å²) in [5, 5.41) is 0. The Hall–Kier alpha value is -2.64. The maximum atomic E-state index is 12.2. The average molecular weight is 408 g/mol. The minimum atomic E-state index is -0.505. The lowest BCUT2D eigenvalue weighted by Crippen LogP contribution is -2.44. The summed E-state index contributed by atoms with van der Waals surface area (Å²) in [7, 11) is 1.36. The van der Waals surface area contributed by atoms with Crippen molar-refractivity contribution in [2.75, 3.05) is 32.5 Å². The summed E-state index contributed by atoms with van der Waals surface area (Å²) in [6.07, 6.45) is 1.90. The van der Waals surface area contributed by atoms with Crippen molar-refractivity contribution in [3.63, 3.8) is 0 Å². The van der Waals surface area contributed by atoms with Gasteiger partial charge < -0.3 is 29.6 Å². The van der Waals surface area contributed by atoms with Crippen molar-refractivity contribution in [2.45, 2.75) is 58.2 Å². The van der Waals surface area contributed by atoms with Crippen molar-refractivity contribution >= 4 is 17.7 Å². The molecule has 1 saturated heterocycles. The largest absolute Gasteiger partial charge is 0.490 e. The minimum absolute atomic E-state index is 0.0327. The predicted molar refractivity (Wildman–Crippen MR) is 109 cm³/mol. The number of carbonyl (C=O) groups is 2. The summed E-state index contributed by atoms with van der Waals surface area (Å²) in [5.41, 5.74) is 5.93. The van der Waals surface area contributed by atoms with Crippen LogP contribution in [0.15, 0.2) is 18.2 Å². The van der Waals surface area contributed by atoms with Crippen molar-refractivity contribution in [2.24, 2.45) is 0 Å². The van der Waals surface area contributed by atoms with Gasteiger partial charge in [-0.3, -0.25) is 4.79 Å². The van der Waals surface area contributed by atoms with Crippen LogP contribution in [0.4, 0.5) is 10.5 Å². The lowest BCUT2D eigenvalue weighted by Gasteiger charge is -2.33. The molecule has 0 spiro atoms. The first kappa shape index (κ1) is 22.6. The quantitative estimate of drug-likeness (QED) is 0.419. The van der Waals surface area contributed by atoms with Gasteiger partial charge in [0.15, 0.2) is 11.5 Å². The third-order valence-corrected chi connectivity index (χ3v) is 4.37. The molecule has 1 amide bonds. The third kappa shape index (κ3) is 7.71. The number of likely N-dealkylation sites (tertiary alicyclic amines) is 1. The molecular formula is C21H32N2O6. The van der Waals surface area contributed by atoms with Crippen molar-refractivity contribution < 1.29 is 28.5 Å². The molecule has 0 aliphatic carbocycles. The number of carbonyl (C=O) groups excluding carboxylic acids is 2. The van der Waals surface area contributed by atoms with E-state index in [1.165, 1.54) is 7.11 Å². The van der Waals surface area contributed by atoms with E-state index in [-0.39, 0.29) is 24.6 Å². The van der Waals surface area contributed by atoms with E-state index in [1.807, 2.05) is 20.8 Å². The summed E-state index contributed by atoms with van der Waals surface area (Å²) in [6.45, 7) is 7.07. The van der Waals surface area contributed by atoms with Crippen LogP contribution in [-0.4, -0.2) is 55.5 Å². The second-order valence-electron chi connectivity index (χ2n) is 8.02. The Bertz CT molecular complexity index is 693. The van der Waals surface area contributed by atoms with E-state index in [9.17, 15) is 9.59 Å². The van der Waals surface area contributed by atoms with Crippen LogP contribution in [0, 0.1) is 0 Å². The van der Waals surface area contributed by atoms with E-state index in [0.717, 1.165) is 0 Å². The number of benzene rings is 1. The summed E-state index contributed by atoms with van der Waals surface area (Å²) >= 11 is 0. The zero-order valence-corrected chi connectivity index (χ0v) is 17.7. The normalized spacial score (nSPS) is 15.0. The number of anilines is 1. The molecule has 2 N–H and O–H groups in total. The molecule has 0 atom stereocenters. The fraction of sp³-hybridized carbons (Fsp3) is 0.619. The Morgan fingerprint density at radius 1 is 1.17 bits per heavy atom. The number of hydrogen-bond donors (Lipinski definition) is 1. The van der Waals surface area contributed by atoms with Gasteiger partial charge in [-0.2, -0.15) is 0 Å². The zero-order chi connectivity index (χ0) is 21.4. The molecule has 8 heteroatoms. The average Bonchev–Trinajstić information content (AvgIpc) is 2.66. The van der Waals surface area contributed by atoms with Gasteiger partial charge in [0.25, 0.3) is 0 Å². The molecule has 0 aromatic heterocycles. The number of ether oxygens (including phenoxy) is 4. The van der Waals surface area contributed by atoms with E-state index in [1.54, 1.807) is 23.1 Å². The summed E-state index contributed by atoms with van der Waals surface area (Å²) in [6, 6.07) is 5.25. The highest BCUT2D eigenvalue weighted by atomic mass is 16.6. The molecule has 1 aliphatic rings. The molecule has 1 aliphatic heterocycles. The third-order valence-electron chi connectivity index (χ3n) is 4.37. The van der Waals surface area contributed by atoms with E-state index >= 15 is 0 Å². The van der Waals surface area contributed by atoms with Crippen LogP contribution in [0.1, 0.15) is 46.5 Å². The van der Waals surface area contributed by atoms with Crippen LogP contribution in [0.3, 0.4) is 0 Å². The van der Waals surface area contributed by atoms with Crippen LogP contribution in [-0.2, 0) is 14.3 Å². The molecule has 1 fully saturated rings. The molecule has 162 valence electrons. The van der Waals surface area contributed by atoms with Crippen LogP contribution < -0.4 is 15.2 Å². The van der Waals surface area contributed by atoms with E-state index in [0.29, 0.717) is 56.1 Å². The van der Waals surface area contributed by atoms with Gasteiger partial charge in [0.05, 0.1) is 13.7 Å². The number of amides is 1. The number of nitrogen functional groups attached to an aromatic ring is 1. The molecule has 29 heavy (non-hydrogen) atoms. The van der Waals surface area contributed by atoms with Crippen LogP contribution >= 0.6 is 0 Å². The number of rotatable bonds is 7. The smallest absolute Gasteiger partial charge is 0.410 e. The van der Waals surface area contributed by atoms with Crippen molar-refractivity contribution in [1.29, 1.82) is 0 Å². The Morgan fingerprint density at radius 2 is 1.86 bits per heavy atom. The number of methoxy groups -OCH3 is 1. The van der Waals surface area contributed by atoms with E-state index in [2.05, 4.69) is 4.74 Å². The Kier molecular flexibility index (Phi) is 7.99. The second kappa shape index (κ2) is 10.2. The Labute approximate surface area is 172 Å². The number of nitrogens with zero attached hydrogens (tertiary/aromatic N) is 1. The molecule has 0 unspecified atom stereocenters. The molecule has 1 aromatic rings. The number of nitrogens with two attached hydrogens (primary N) is 1. The number of esters is 1. The highest BCUT2D eigenvalue weighted by molar-refractivity contribution is 5.69. The van der Waals surface area contributed by atoms with Crippen molar-refractivity contribution in [3.05, 3.63) is 18.2 Å². The maximum absolute atomic E-state index is 12.2. The second-order valence-corrected chi connectivity index (χ2v) is 8.02. The SMILES string of the molecule is COC(=O)CCCOc1cc(N)ccc1OC1CCN(C(=O)OC(C)(C)C)CC1. The first-order chi connectivity index (χ1) is 13.7. The van der Waals surface area contributed by atoms with Crippen molar-refractivity contribution in [3.8, 4) is 11.5 Å². The molecule has 0 saturated carbocycles. The van der Waals surface area contributed by atoms with Gasteiger partial charge >= 0.3 is 12.1 Å². The minimum Gasteiger partial charge on any atom is -0.490 e. The van der Waals surface area contributed by atoms with Gasteiger partial charge in [-0.05, 0) is 39.3 Å². The lowest BCUT2D eigenvalue weighted by molar-refractivity contribution is -0.140. The summed E-state index contributed by atoms with van der Waals surface area (Å²) in [5.74, 6) is 0.881. The van der Waals surface area contributed by atoms with Gasteiger partial charge in [-0.1, -0.05) is 0 Å². The van der Waals surface area contributed by atoms with Gasteiger partial charge in [-0.15, -0.1) is 0 Å². The van der Waals surface area contributed by atoms with Gasteiger partial charge in [-0.25, -0.2) is 4.79 Å². The van der Waals surface area contributed by atoms with Gasteiger partial charge in [0.2, 0.25) is 0 Å². The van der Waals surface area contributed by atoms with Crippen LogP contribution in [0.5, 0.6) is 11.5 Å². The molecule has 1 heterocycles. The first-order valence-electron chi connectivity index (χ1n) is 9.91. The molecule has 0 bridgehead atoms. The summed E-state index contributed by atoms with van der Waals surface area (Å²) in [4.78, 5) is 25.1. The van der Waals surface area contributed by atoms with Crippen LogP contribution in [0.25, 0.3) is 0 Å². The lowest BCUT2D eigenvalue weighted by atomic mass is 10.1. The monoisotopic (exact) mass is 408 g/mol. The Balaban J connectivity index is 1.87. The van der Waals surface area contributed by atoms with Crippen LogP contribution in [0.2, 0.25) is 0 Å². The summed E-state index contributed by atoms with van der Waals surface area (Å²) < 4.78 is 21.9. The fourth-order valence-electron chi connectivity index (χ4n) is 2.90. The molecule has 1 aromatic carbocycles. The standard InChI is InChI=1S/C21H32N2O6/c1-21(2,3)29-20(25)23-11-9-16(10-12-23)28-17-8-7-15(22)14-18(17)27-13-5-6-19(24)26-4/h7-8,14,16H,5-6,9-13,22H2,1-4H3.